The molecule has 0 radical (unpaired) electrons. The van der Waals surface area contributed by atoms with Crippen LogP contribution in [0.15, 0.2) is 83.3 Å². The highest BCUT2D eigenvalue weighted by Gasteiger charge is 2.20. The molecule has 0 aliphatic heterocycles. The molecule has 0 aliphatic carbocycles. The molecule has 43 heavy (non-hydrogen) atoms. The summed E-state index contributed by atoms with van der Waals surface area (Å²) in [4.78, 5) is 19.5. The molecule has 1 amide bonds. The van der Waals surface area contributed by atoms with Crippen LogP contribution in [0.1, 0.15) is 32.4 Å². The van der Waals surface area contributed by atoms with E-state index in [0.29, 0.717) is 42.3 Å². The van der Waals surface area contributed by atoms with Gasteiger partial charge in [-0.1, -0.05) is 60.3 Å². The summed E-state index contributed by atoms with van der Waals surface area (Å²) in [5.41, 5.74) is 3.50. The van der Waals surface area contributed by atoms with E-state index in [1.807, 2.05) is 70.6 Å². The summed E-state index contributed by atoms with van der Waals surface area (Å²) in [6.07, 6.45) is 1.30. The first kappa shape index (κ1) is 30.1. The highest BCUT2D eigenvalue weighted by Crippen LogP contribution is 2.32. The molecule has 2 aromatic heterocycles. The molecule has 0 atom stereocenters. The highest BCUT2D eigenvalue weighted by molar-refractivity contribution is 7.98. The smallest absolute Gasteiger partial charge is 0.273 e. The largest absolute Gasteiger partial charge is 0.495 e. The minimum Gasteiger partial charge on any atom is -0.495 e. The number of hydrogen-bond acceptors (Lipinski definition) is 9. The van der Waals surface area contributed by atoms with Gasteiger partial charge in [0.05, 0.1) is 32.8 Å². The van der Waals surface area contributed by atoms with Gasteiger partial charge in [-0.3, -0.25) is 9.36 Å². The van der Waals surface area contributed by atoms with Gasteiger partial charge < -0.3 is 19.1 Å². The molecule has 0 bridgehead atoms. The first-order valence-electron chi connectivity index (χ1n) is 13.7. The van der Waals surface area contributed by atoms with E-state index in [0.717, 1.165) is 38.6 Å². The van der Waals surface area contributed by atoms with Gasteiger partial charge in [0, 0.05) is 25.4 Å². The van der Waals surface area contributed by atoms with Crippen LogP contribution in [0.3, 0.4) is 0 Å². The minimum absolute atomic E-state index is 0.115. The monoisotopic (exact) mass is 615 g/mol. The second-order valence-electron chi connectivity index (χ2n) is 9.65. The van der Waals surface area contributed by atoms with E-state index in [9.17, 15) is 4.79 Å². The van der Waals surface area contributed by atoms with Crippen molar-refractivity contribution in [3.63, 3.8) is 0 Å². The van der Waals surface area contributed by atoms with E-state index in [1.165, 1.54) is 23.1 Å². The predicted octanol–water partition coefficient (Wildman–Crippen LogP) is 5.95. The molecule has 0 saturated heterocycles. The Hall–Kier alpha value is -4.35. The fourth-order valence-corrected chi connectivity index (χ4v) is 6.32. The molecule has 11 heteroatoms. The number of thiazole rings is 1. The Balaban J connectivity index is 1.27. The number of ether oxygens (including phenoxy) is 3. The molecule has 0 aliphatic rings. The standard InChI is InChI=1S/C32H33N5O4S2/c1-36(17-16-23-14-15-27(40-3)28(18-23)41-4)31(38)24-20-42-30(33-24)21-43-32-35-34-29(19-22-10-6-5-7-11-22)37(32)25-12-8-9-13-26(25)39-2/h5-15,18,20H,16-17,19,21H2,1-4H3. The molecule has 0 fully saturated rings. The van der Waals surface area contributed by atoms with E-state index in [2.05, 4.69) is 27.3 Å². The van der Waals surface area contributed by atoms with Crippen molar-refractivity contribution in [2.24, 2.45) is 0 Å². The first-order valence-corrected chi connectivity index (χ1v) is 15.5. The highest BCUT2D eigenvalue weighted by atomic mass is 32.2. The maximum Gasteiger partial charge on any atom is 0.273 e. The van der Waals surface area contributed by atoms with Crippen LogP contribution in [-0.4, -0.2) is 65.5 Å². The Bertz CT molecular complexity index is 1670. The second-order valence-corrected chi connectivity index (χ2v) is 11.5. The van der Waals surface area contributed by atoms with Crippen LogP contribution in [0, 0.1) is 0 Å². The average Bonchev–Trinajstić information content (AvgIpc) is 3.69. The number of rotatable bonds is 13. The lowest BCUT2D eigenvalue weighted by Crippen LogP contribution is -2.29. The zero-order valence-corrected chi connectivity index (χ0v) is 26.2. The number of nitrogens with zero attached hydrogens (tertiary/aromatic N) is 5. The van der Waals surface area contributed by atoms with Gasteiger partial charge in [-0.05, 0) is 41.8 Å². The number of carbonyl (C=O) groups is 1. The van der Waals surface area contributed by atoms with Crippen molar-refractivity contribution in [2.45, 2.75) is 23.8 Å². The summed E-state index contributed by atoms with van der Waals surface area (Å²) < 4.78 is 18.4. The summed E-state index contributed by atoms with van der Waals surface area (Å²) in [6.45, 7) is 0.544. The Kier molecular flexibility index (Phi) is 9.96. The van der Waals surface area contributed by atoms with E-state index < -0.39 is 0 Å². The third kappa shape index (κ3) is 7.18. The fourth-order valence-electron chi connectivity index (χ4n) is 4.57. The number of thioether (sulfide) groups is 1. The van der Waals surface area contributed by atoms with Gasteiger partial charge in [0.15, 0.2) is 16.7 Å². The molecular formula is C32H33N5O4S2. The lowest BCUT2D eigenvalue weighted by atomic mass is 10.1. The topological polar surface area (TPSA) is 91.6 Å². The van der Waals surface area contributed by atoms with Crippen molar-refractivity contribution in [1.29, 1.82) is 0 Å². The normalized spacial score (nSPS) is 10.9. The van der Waals surface area contributed by atoms with Crippen LogP contribution < -0.4 is 14.2 Å². The Labute approximate surface area is 259 Å². The fraction of sp³-hybridized carbons (Fsp3) is 0.250. The zero-order chi connectivity index (χ0) is 30.2. The summed E-state index contributed by atoms with van der Waals surface area (Å²) >= 11 is 2.99. The van der Waals surface area contributed by atoms with Gasteiger partial charge in [-0.15, -0.1) is 21.5 Å². The molecular weight excluding hydrogens is 583 g/mol. The first-order chi connectivity index (χ1) is 21.0. The number of aromatic nitrogens is 4. The predicted molar refractivity (Wildman–Crippen MR) is 169 cm³/mol. The van der Waals surface area contributed by atoms with Crippen molar-refractivity contribution in [3.8, 4) is 22.9 Å². The maximum absolute atomic E-state index is 13.1. The molecule has 0 spiro atoms. The van der Waals surface area contributed by atoms with Crippen LogP contribution in [0.5, 0.6) is 17.2 Å². The van der Waals surface area contributed by atoms with Gasteiger partial charge in [0.2, 0.25) is 0 Å². The average molecular weight is 616 g/mol. The summed E-state index contributed by atoms with van der Waals surface area (Å²) in [7, 11) is 6.67. The molecule has 5 aromatic rings. The van der Waals surface area contributed by atoms with Crippen LogP contribution in [0.2, 0.25) is 0 Å². The number of hydrogen-bond donors (Lipinski definition) is 0. The van der Waals surface area contributed by atoms with Crippen molar-refractivity contribution >= 4 is 29.0 Å². The van der Waals surface area contributed by atoms with E-state index in [-0.39, 0.29) is 5.91 Å². The van der Waals surface area contributed by atoms with Crippen molar-refractivity contribution in [2.75, 3.05) is 34.9 Å². The Morgan fingerprint density at radius 2 is 1.63 bits per heavy atom. The molecule has 2 heterocycles. The van der Waals surface area contributed by atoms with Gasteiger partial charge in [0.25, 0.3) is 5.91 Å². The number of benzene rings is 3. The van der Waals surface area contributed by atoms with E-state index in [1.54, 1.807) is 33.3 Å². The molecule has 3 aromatic carbocycles. The molecule has 5 rings (SSSR count). The van der Waals surface area contributed by atoms with Crippen LogP contribution >= 0.6 is 23.1 Å². The lowest BCUT2D eigenvalue weighted by molar-refractivity contribution is 0.0791. The molecule has 0 N–H and O–H groups in total. The van der Waals surface area contributed by atoms with Gasteiger partial charge in [0.1, 0.15) is 22.3 Å². The van der Waals surface area contributed by atoms with Crippen molar-refractivity contribution in [3.05, 3.63) is 106 Å². The van der Waals surface area contributed by atoms with Gasteiger partial charge >= 0.3 is 0 Å². The van der Waals surface area contributed by atoms with Gasteiger partial charge in [-0.2, -0.15) is 0 Å². The SMILES string of the molecule is COc1ccc(CCN(C)C(=O)c2csc(CSc3nnc(Cc4ccccc4)n3-c3ccccc3OC)n2)cc1OC. The third-order valence-corrected chi connectivity index (χ3v) is 8.83. The second kappa shape index (κ2) is 14.2. The number of likely N-dealkylation sites (N-methyl/N-ethyl adjacent to an activating group) is 1. The number of para-hydroxylation sites is 2. The summed E-state index contributed by atoms with van der Waals surface area (Å²) in [5.74, 6) is 3.32. The lowest BCUT2D eigenvalue weighted by Gasteiger charge is -2.16. The molecule has 0 unspecified atom stereocenters. The third-order valence-electron chi connectivity index (χ3n) is 6.86. The number of amides is 1. The quantitative estimate of drug-likeness (QED) is 0.150. The van der Waals surface area contributed by atoms with Crippen LogP contribution in [0.25, 0.3) is 5.69 Å². The van der Waals surface area contributed by atoms with Crippen molar-refractivity contribution < 1.29 is 19.0 Å². The Morgan fingerprint density at radius 3 is 2.40 bits per heavy atom. The summed E-state index contributed by atoms with van der Waals surface area (Å²) in [5, 5.41) is 12.5. The van der Waals surface area contributed by atoms with Crippen LogP contribution in [-0.2, 0) is 18.6 Å². The molecule has 9 nitrogen and oxygen atoms in total. The van der Waals surface area contributed by atoms with E-state index in [4.69, 9.17) is 14.2 Å². The molecule has 222 valence electrons. The van der Waals surface area contributed by atoms with E-state index >= 15 is 0 Å². The Morgan fingerprint density at radius 1 is 0.884 bits per heavy atom. The molecule has 0 saturated carbocycles. The summed E-state index contributed by atoms with van der Waals surface area (Å²) in [6, 6.07) is 23.8. The number of carbonyl (C=O) groups excluding carboxylic acids is 1. The minimum atomic E-state index is -0.115. The van der Waals surface area contributed by atoms with Crippen molar-refractivity contribution in [1.82, 2.24) is 24.6 Å². The van der Waals surface area contributed by atoms with Gasteiger partial charge in [-0.25, -0.2) is 4.98 Å². The number of methoxy groups -OCH3 is 3. The van der Waals surface area contributed by atoms with Crippen LogP contribution in [0.4, 0.5) is 0 Å². The maximum atomic E-state index is 13.1. The zero-order valence-electron chi connectivity index (χ0n) is 24.5.